The molecule has 0 fully saturated rings. The molecule has 1 aromatic rings. The van der Waals surface area contributed by atoms with E-state index in [1.165, 1.54) is 0 Å². The van der Waals surface area contributed by atoms with E-state index in [9.17, 15) is 9.59 Å². The van der Waals surface area contributed by atoms with Crippen molar-refractivity contribution in [3.8, 4) is 5.75 Å². The molecule has 0 unspecified atom stereocenters. The number of rotatable bonds is 14. The second kappa shape index (κ2) is 15.2. The van der Waals surface area contributed by atoms with Crippen LogP contribution in [0.25, 0.3) is 0 Å². The molecule has 1 aromatic carbocycles. The molecule has 1 atom stereocenters. The van der Waals surface area contributed by atoms with Gasteiger partial charge >= 0.3 is 0 Å². The van der Waals surface area contributed by atoms with E-state index in [0.29, 0.717) is 18.8 Å². The van der Waals surface area contributed by atoms with E-state index in [2.05, 4.69) is 25.2 Å². The van der Waals surface area contributed by atoms with Gasteiger partial charge in [0.2, 0.25) is 5.91 Å². The Kier molecular flexibility index (Phi) is 12.6. The predicted molar refractivity (Wildman–Crippen MR) is 115 cm³/mol. The molecule has 4 nitrogen and oxygen atoms in total. The summed E-state index contributed by atoms with van der Waals surface area (Å²) in [4.78, 5) is 22.1. The standard InChI is InChI=1S/C24H31NO3/c1-2-3-4-5-6-7-8-9-10-11-12-22(20-26)17-18-28-23-15-13-21(14-16-23)19-24(25)27/h3-4,7-16,20,22H,2,5-6,17-19H2,1H3,(H2,25,27)/b4-3-,8-7+,10-9-,12-11+/t22-/m1/s1. The smallest absolute Gasteiger partial charge is 0.221 e. The molecular formula is C24H31NO3. The van der Waals surface area contributed by atoms with Crippen LogP contribution in [0.4, 0.5) is 0 Å². The average Bonchev–Trinajstić information content (AvgIpc) is 2.69. The first-order chi connectivity index (χ1) is 13.7. The summed E-state index contributed by atoms with van der Waals surface area (Å²) in [5.41, 5.74) is 6.02. The van der Waals surface area contributed by atoms with E-state index >= 15 is 0 Å². The number of nitrogens with two attached hydrogens (primary N) is 1. The van der Waals surface area contributed by atoms with E-state index in [4.69, 9.17) is 10.5 Å². The molecule has 0 heterocycles. The number of hydrogen-bond donors (Lipinski definition) is 1. The zero-order valence-electron chi connectivity index (χ0n) is 16.6. The lowest BCUT2D eigenvalue weighted by molar-refractivity contribution is -0.117. The molecule has 1 amide bonds. The van der Waals surface area contributed by atoms with Crippen LogP contribution in [0.1, 0.15) is 38.2 Å². The minimum absolute atomic E-state index is 0.179. The lowest BCUT2D eigenvalue weighted by Gasteiger charge is -2.08. The Bertz CT molecular complexity index is 684. The van der Waals surface area contributed by atoms with Gasteiger partial charge in [-0.15, -0.1) is 0 Å². The first-order valence-electron chi connectivity index (χ1n) is 9.76. The van der Waals surface area contributed by atoms with Crippen LogP contribution in [0.15, 0.2) is 72.9 Å². The summed E-state index contributed by atoms with van der Waals surface area (Å²) in [5, 5.41) is 0. The van der Waals surface area contributed by atoms with Crippen LogP contribution in [0.3, 0.4) is 0 Å². The number of unbranched alkanes of at least 4 members (excludes halogenated alkanes) is 1. The predicted octanol–water partition coefficient (Wildman–Crippen LogP) is 4.71. The first kappa shape index (κ1) is 23.2. The Balaban J connectivity index is 2.28. The van der Waals surface area contributed by atoms with Crippen molar-refractivity contribution in [3.05, 3.63) is 78.4 Å². The number of amides is 1. The highest BCUT2D eigenvalue weighted by Crippen LogP contribution is 2.14. The topological polar surface area (TPSA) is 69.4 Å². The maximum atomic E-state index is 11.2. The minimum Gasteiger partial charge on any atom is -0.494 e. The molecule has 4 heteroatoms. The van der Waals surface area contributed by atoms with Crippen LogP contribution in [0.5, 0.6) is 5.75 Å². The highest BCUT2D eigenvalue weighted by Gasteiger charge is 2.04. The van der Waals surface area contributed by atoms with Crippen LogP contribution in [-0.2, 0) is 16.0 Å². The van der Waals surface area contributed by atoms with E-state index < -0.39 is 0 Å². The summed E-state index contributed by atoms with van der Waals surface area (Å²) in [7, 11) is 0. The Morgan fingerprint density at radius 3 is 2.43 bits per heavy atom. The molecule has 0 aliphatic heterocycles. The highest BCUT2D eigenvalue weighted by atomic mass is 16.5. The second-order valence-corrected chi connectivity index (χ2v) is 6.38. The third-order valence-corrected chi connectivity index (χ3v) is 3.93. The Morgan fingerprint density at radius 2 is 1.75 bits per heavy atom. The first-order valence-corrected chi connectivity index (χ1v) is 9.76. The molecule has 0 aliphatic carbocycles. The monoisotopic (exact) mass is 381 g/mol. The van der Waals surface area contributed by atoms with Crippen LogP contribution < -0.4 is 10.5 Å². The van der Waals surface area contributed by atoms with E-state index in [1.54, 1.807) is 12.1 Å². The van der Waals surface area contributed by atoms with Gasteiger partial charge in [0.25, 0.3) is 0 Å². The van der Waals surface area contributed by atoms with Gasteiger partial charge in [0.05, 0.1) is 13.0 Å². The molecule has 150 valence electrons. The molecule has 2 N–H and O–H groups in total. The summed E-state index contributed by atoms with van der Waals surface area (Å²) in [6.45, 7) is 2.57. The van der Waals surface area contributed by atoms with Gasteiger partial charge in [-0.1, -0.05) is 67.7 Å². The van der Waals surface area contributed by atoms with Crippen molar-refractivity contribution in [2.75, 3.05) is 6.61 Å². The molecule has 0 saturated carbocycles. The van der Waals surface area contributed by atoms with Crippen molar-refractivity contribution < 1.29 is 14.3 Å². The van der Waals surface area contributed by atoms with E-state index in [-0.39, 0.29) is 18.2 Å². The maximum Gasteiger partial charge on any atom is 0.221 e. The summed E-state index contributed by atoms with van der Waals surface area (Å²) in [6, 6.07) is 7.24. The van der Waals surface area contributed by atoms with Gasteiger partial charge < -0.3 is 15.3 Å². The number of carbonyl (C=O) groups is 2. The van der Waals surface area contributed by atoms with Gasteiger partial charge in [-0.3, -0.25) is 4.79 Å². The van der Waals surface area contributed by atoms with Crippen molar-refractivity contribution in [3.63, 3.8) is 0 Å². The number of benzene rings is 1. The zero-order valence-corrected chi connectivity index (χ0v) is 16.6. The number of hydrogen-bond acceptors (Lipinski definition) is 3. The Morgan fingerprint density at radius 1 is 1.04 bits per heavy atom. The molecule has 0 spiro atoms. The summed E-state index contributed by atoms with van der Waals surface area (Å²) >= 11 is 0. The highest BCUT2D eigenvalue weighted by molar-refractivity contribution is 5.76. The zero-order chi connectivity index (χ0) is 20.5. The van der Waals surface area contributed by atoms with Gasteiger partial charge in [0.15, 0.2) is 0 Å². The Labute approximate surface area is 168 Å². The number of primary amides is 1. The molecule has 0 aromatic heterocycles. The molecule has 0 saturated heterocycles. The average molecular weight is 382 g/mol. The molecule has 0 aliphatic rings. The number of ether oxygens (including phenoxy) is 1. The number of allylic oxidation sites excluding steroid dienone is 8. The van der Waals surface area contributed by atoms with Gasteiger partial charge in [0.1, 0.15) is 12.0 Å². The molecule has 1 rings (SSSR count). The van der Waals surface area contributed by atoms with Crippen LogP contribution >= 0.6 is 0 Å². The Hall–Kier alpha value is -2.88. The fraction of sp³-hybridized carbons (Fsp3) is 0.333. The fourth-order valence-electron chi connectivity index (χ4n) is 2.41. The minimum atomic E-state index is -0.358. The molecular weight excluding hydrogens is 350 g/mol. The fourth-order valence-corrected chi connectivity index (χ4v) is 2.41. The van der Waals surface area contributed by atoms with Crippen LogP contribution in [0, 0.1) is 5.92 Å². The van der Waals surface area contributed by atoms with E-state index in [0.717, 1.165) is 31.1 Å². The van der Waals surface area contributed by atoms with E-state index in [1.807, 2.05) is 42.5 Å². The van der Waals surface area contributed by atoms with Gasteiger partial charge in [-0.05, 0) is 43.4 Å². The molecule has 28 heavy (non-hydrogen) atoms. The lowest BCUT2D eigenvalue weighted by Crippen LogP contribution is -2.13. The molecule has 0 bridgehead atoms. The van der Waals surface area contributed by atoms with Crippen molar-refractivity contribution in [1.82, 2.24) is 0 Å². The largest absolute Gasteiger partial charge is 0.494 e. The number of aldehydes is 1. The third-order valence-electron chi connectivity index (χ3n) is 3.93. The SMILES string of the molecule is CC/C=C\CC/C=C/C=C\C=C\[C@@H](C=O)CCOc1ccc(CC(N)=O)cc1. The number of carbonyl (C=O) groups excluding carboxylic acids is 2. The summed E-state index contributed by atoms with van der Waals surface area (Å²) in [5.74, 6) is 0.172. The maximum absolute atomic E-state index is 11.2. The van der Waals surface area contributed by atoms with Crippen molar-refractivity contribution in [2.24, 2.45) is 11.7 Å². The summed E-state index contributed by atoms with van der Waals surface area (Å²) in [6.07, 6.45) is 21.1. The van der Waals surface area contributed by atoms with Gasteiger partial charge in [-0.25, -0.2) is 0 Å². The molecule has 0 radical (unpaired) electrons. The van der Waals surface area contributed by atoms with Crippen molar-refractivity contribution >= 4 is 12.2 Å². The third kappa shape index (κ3) is 11.7. The lowest BCUT2D eigenvalue weighted by atomic mass is 10.1. The van der Waals surface area contributed by atoms with Crippen molar-refractivity contribution in [1.29, 1.82) is 0 Å². The van der Waals surface area contributed by atoms with Gasteiger partial charge in [0, 0.05) is 5.92 Å². The quantitative estimate of drug-likeness (QED) is 0.219. The van der Waals surface area contributed by atoms with Crippen molar-refractivity contribution in [2.45, 2.75) is 39.0 Å². The second-order valence-electron chi connectivity index (χ2n) is 6.38. The van der Waals surface area contributed by atoms with Gasteiger partial charge in [-0.2, -0.15) is 0 Å². The van der Waals surface area contributed by atoms with Crippen LogP contribution in [-0.4, -0.2) is 18.8 Å². The summed E-state index contributed by atoms with van der Waals surface area (Å²) < 4.78 is 5.65. The van der Waals surface area contributed by atoms with Crippen LogP contribution in [0.2, 0.25) is 0 Å². The normalized spacial score (nSPS) is 13.0.